The summed E-state index contributed by atoms with van der Waals surface area (Å²) in [6.45, 7) is 4.30. The number of aryl methyl sites for hydroxylation is 1. The molecule has 17 heavy (non-hydrogen) atoms. The summed E-state index contributed by atoms with van der Waals surface area (Å²) < 4.78 is 2.00. The third-order valence-electron chi connectivity index (χ3n) is 3.76. The van der Waals surface area contributed by atoms with Gasteiger partial charge in [0.25, 0.3) is 0 Å². The fraction of sp³-hybridized carbons (Fsp3) is 0.667. The Morgan fingerprint density at radius 2 is 2.18 bits per heavy atom. The maximum absolute atomic E-state index is 11.1. The molecule has 1 aromatic rings. The lowest BCUT2D eigenvalue weighted by atomic mass is 9.80. The zero-order valence-corrected chi connectivity index (χ0v) is 10.4. The highest BCUT2D eigenvalue weighted by atomic mass is 16.4. The van der Waals surface area contributed by atoms with Gasteiger partial charge >= 0.3 is 5.97 Å². The van der Waals surface area contributed by atoms with E-state index in [2.05, 4.69) is 9.88 Å². The number of hydrogen-bond acceptors (Lipinski definition) is 3. The number of imidazole rings is 1. The Balaban J connectivity index is 1.92. The first-order valence-corrected chi connectivity index (χ1v) is 5.93. The highest BCUT2D eigenvalue weighted by Gasteiger charge is 2.36. The molecule has 1 N–H and O–H groups in total. The molecule has 1 aromatic heterocycles. The molecular formula is C12H19N3O2. The monoisotopic (exact) mass is 237 g/mol. The molecule has 0 radical (unpaired) electrons. The highest BCUT2D eigenvalue weighted by molar-refractivity contribution is 5.74. The first-order chi connectivity index (χ1) is 8.01. The van der Waals surface area contributed by atoms with Crippen molar-refractivity contribution in [3.63, 3.8) is 0 Å². The van der Waals surface area contributed by atoms with Gasteiger partial charge in [0, 0.05) is 19.4 Å². The van der Waals surface area contributed by atoms with Crippen molar-refractivity contribution < 1.29 is 9.90 Å². The number of carbonyl (C=O) groups is 1. The van der Waals surface area contributed by atoms with Crippen LogP contribution in [0.25, 0.3) is 0 Å². The van der Waals surface area contributed by atoms with Crippen molar-refractivity contribution in [2.75, 3.05) is 13.1 Å². The number of carboxylic acid groups (broad SMARTS) is 1. The van der Waals surface area contributed by atoms with Gasteiger partial charge in [-0.25, -0.2) is 4.98 Å². The molecule has 0 atom stereocenters. The summed E-state index contributed by atoms with van der Waals surface area (Å²) in [5.74, 6) is 0.359. The van der Waals surface area contributed by atoms with Gasteiger partial charge in [-0.1, -0.05) is 0 Å². The quantitative estimate of drug-likeness (QED) is 0.855. The molecule has 1 fully saturated rings. The van der Waals surface area contributed by atoms with Gasteiger partial charge in [0.1, 0.15) is 5.82 Å². The number of likely N-dealkylation sites (tertiary alicyclic amines) is 1. The molecule has 0 saturated carbocycles. The predicted molar refractivity (Wildman–Crippen MR) is 63.5 cm³/mol. The van der Waals surface area contributed by atoms with Crippen LogP contribution in [0, 0.1) is 5.41 Å². The summed E-state index contributed by atoms with van der Waals surface area (Å²) in [4.78, 5) is 17.7. The summed E-state index contributed by atoms with van der Waals surface area (Å²) in [6.07, 6.45) is 5.15. The van der Waals surface area contributed by atoms with Crippen LogP contribution in [0.3, 0.4) is 0 Å². The van der Waals surface area contributed by atoms with Crippen LogP contribution < -0.4 is 0 Å². The molecule has 0 amide bonds. The van der Waals surface area contributed by atoms with Gasteiger partial charge in [-0.2, -0.15) is 0 Å². The zero-order chi connectivity index (χ0) is 12.5. The summed E-state index contributed by atoms with van der Waals surface area (Å²) >= 11 is 0. The van der Waals surface area contributed by atoms with E-state index in [4.69, 9.17) is 5.11 Å². The average molecular weight is 237 g/mol. The Labute approximate surface area is 101 Å². The molecule has 1 aliphatic heterocycles. The van der Waals surface area contributed by atoms with E-state index in [1.807, 2.05) is 24.7 Å². The Morgan fingerprint density at radius 3 is 2.65 bits per heavy atom. The fourth-order valence-electron chi connectivity index (χ4n) is 2.17. The van der Waals surface area contributed by atoms with E-state index in [1.165, 1.54) is 0 Å². The second-order valence-electron chi connectivity index (χ2n) is 5.10. The van der Waals surface area contributed by atoms with E-state index in [-0.39, 0.29) is 0 Å². The topological polar surface area (TPSA) is 58.4 Å². The first-order valence-electron chi connectivity index (χ1n) is 5.93. The second-order valence-corrected chi connectivity index (χ2v) is 5.10. The Bertz CT molecular complexity index is 406. The summed E-state index contributed by atoms with van der Waals surface area (Å²) in [6, 6.07) is 0. The van der Waals surface area contributed by atoms with E-state index in [9.17, 15) is 4.79 Å². The first kappa shape index (κ1) is 12.1. The van der Waals surface area contributed by atoms with E-state index < -0.39 is 11.4 Å². The molecule has 0 bridgehead atoms. The van der Waals surface area contributed by atoms with Crippen LogP contribution in [0.15, 0.2) is 12.4 Å². The van der Waals surface area contributed by atoms with Crippen molar-refractivity contribution in [2.24, 2.45) is 12.5 Å². The molecule has 5 heteroatoms. The number of nitrogens with zero attached hydrogens (tertiary/aromatic N) is 3. The minimum absolute atomic E-state index is 0.544. The van der Waals surface area contributed by atoms with E-state index >= 15 is 0 Å². The highest BCUT2D eigenvalue weighted by Crippen LogP contribution is 2.31. The molecule has 0 spiro atoms. The second kappa shape index (κ2) is 4.49. The van der Waals surface area contributed by atoms with Crippen LogP contribution >= 0.6 is 0 Å². The third-order valence-corrected chi connectivity index (χ3v) is 3.76. The van der Waals surface area contributed by atoms with E-state index in [1.54, 1.807) is 6.20 Å². The van der Waals surface area contributed by atoms with E-state index in [0.29, 0.717) is 12.8 Å². The lowest BCUT2D eigenvalue weighted by Crippen LogP contribution is -2.42. The van der Waals surface area contributed by atoms with Crippen molar-refractivity contribution in [2.45, 2.75) is 26.3 Å². The number of carboxylic acids is 1. The van der Waals surface area contributed by atoms with Crippen molar-refractivity contribution in [3.05, 3.63) is 18.2 Å². The van der Waals surface area contributed by atoms with Crippen molar-refractivity contribution >= 4 is 5.97 Å². The molecule has 2 rings (SSSR count). The number of hydrogen-bond donors (Lipinski definition) is 1. The minimum Gasteiger partial charge on any atom is -0.481 e. The Morgan fingerprint density at radius 1 is 1.53 bits per heavy atom. The fourth-order valence-corrected chi connectivity index (χ4v) is 2.17. The number of piperidine rings is 1. The van der Waals surface area contributed by atoms with E-state index in [0.717, 1.165) is 25.5 Å². The van der Waals surface area contributed by atoms with Crippen LogP contribution in [-0.4, -0.2) is 38.6 Å². The van der Waals surface area contributed by atoms with Gasteiger partial charge in [0.05, 0.1) is 12.0 Å². The number of rotatable bonds is 3. The normalized spacial score (nSPS) is 20.4. The lowest BCUT2D eigenvalue weighted by Gasteiger charge is -2.36. The van der Waals surface area contributed by atoms with Gasteiger partial charge < -0.3 is 9.67 Å². The Kier molecular flexibility index (Phi) is 3.19. The smallest absolute Gasteiger partial charge is 0.309 e. The SMILES string of the molecule is Cn1ccnc1CN1CCC(C)(C(=O)O)CC1. The van der Waals surface area contributed by atoms with Crippen LogP contribution in [0.1, 0.15) is 25.6 Å². The zero-order valence-electron chi connectivity index (χ0n) is 10.4. The molecule has 0 aromatic carbocycles. The number of aromatic nitrogens is 2. The molecule has 5 nitrogen and oxygen atoms in total. The summed E-state index contributed by atoms with van der Waals surface area (Å²) in [7, 11) is 1.98. The molecular weight excluding hydrogens is 218 g/mol. The van der Waals surface area contributed by atoms with Gasteiger partial charge in [-0.3, -0.25) is 9.69 Å². The van der Waals surface area contributed by atoms with Crippen molar-refractivity contribution in [1.82, 2.24) is 14.5 Å². The maximum atomic E-state index is 11.1. The largest absolute Gasteiger partial charge is 0.481 e. The van der Waals surface area contributed by atoms with Gasteiger partial charge in [0.2, 0.25) is 0 Å². The van der Waals surface area contributed by atoms with Gasteiger partial charge in [-0.15, -0.1) is 0 Å². The average Bonchev–Trinajstić information content (AvgIpc) is 2.68. The maximum Gasteiger partial charge on any atom is 0.309 e. The molecule has 1 aliphatic rings. The van der Waals surface area contributed by atoms with Crippen molar-refractivity contribution in [1.29, 1.82) is 0 Å². The predicted octanol–water partition coefficient (Wildman–Crippen LogP) is 1.11. The van der Waals surface area contributed by atoms with Crippen LogP contribution in [-0.2, 0) is 18.4 Å². The summed E-state index contributed by atoms with van der Waals surface area (Å²) in [5.41, 5.74) is -0.544. The summed E-state index contributed by atoms with van der Waals surface area (Å²) in [5, 5.41) is 9.15. The Hall–Kier alpha value is -1.36. The van der Waals surface area contributed by atoms with Gasteiger partial charge in [-0.05, 0) is 32.9 Å². The molecule has 0 aliphatic carbocycles. The molecule has 0 unspecified atom stereocenters. The lowest BCUT2D eigenvalue weighted by molar-refractivity contribution is -0.150. The standard InChI is InChI=1S/C12H19N3O2/c1-12(11(16)17)3-6-15(7-4-12)9-10-13-5-8-14(10)2/h5,8H,3-4,6-7,9H2,1-2H3,(H,16,17). The molecule has 1 saturated heterocycles. The van der Waals surface area contributed by atoms with Crippen LogP contribution in [0.4, 0.5) is 0 Å². The molecule has 94 valence electrons. The van der Waals surface area contributed by atoms with Crippen LogP contribution in [0.2, 0.25) is 0 Å². The van der Waals surface area contributed by atoms with Crippen molar-refractivity contribution in [3.8, 4) is 0 Å². The molecule has 2 heterocycles. The third kappa shape index (κ3) is 2.49. The van der Waals surface area contributed by atoms with Crippen LogP contribution in [0.5, 0.6) is 0 Å². The number of aliphatic carboxylic acids is 1. The minimum atomic E-state index is -0.672. The van der Waals surface area contributed by atoms with Gasteiger partial charge in [0.15, 0.2) is 0 Å².